The highest BCUT2D eigenvalue weighted by molar-refractivity contribution is 6.01. The van der Waals surface area contributed by atoms with Crippen molar-refractivity contribution in [1.29, 1.82) is 0 Å². The highest BCUT2D eigenvalue weighted by Crippen LogP contribution is 2.27. The maximum absolute atomic E-state index is 12.9. The molecule has 0 saturated heterocycles. The van der Waals surface area contributed by atoms with Crippen LogP contribution in [-0.2, 0) is 16.1 Å². The van der Waals surface area contributed by atoms with Gasteiger partial charge in [0.1, 0.15) is 11.3 Å². The largest absolute Gasteiger partial charge is 0.497 e. The molecule has 0 radical (unpaired) electrons. The summed E-state index contributed by atoms with van der Waals surface area (Å²) in [5.41, 5.74) is 6.99. The Morgan fingerprint density at radius 1 is 1.24 bits per heavy atom. The van der Waals surface area contributed by atoms with Gasteiger partial charge in [0, 0.05) is 35.9 Å². The third-order valence-corrected chi connectivity index (χ3v) is 5.69. The summed E-state index contributed by atoms with van der Waals surface area (Å²) in [5, 5.41) is 5.64. The summed E-state index contributed by atoms with van der Waals surface area (Å²) in [6, 6.07) is 12.1. The summed E-state index contributed by atoms with van der Waals surface area (Å²) in [6.45, 7) is -0.285. The van der Waals surface area contributed by atoms with Gasteiger partial charge in [-0.25, -0.2) is 0 Å². The molecule has 10 heteroatoms. The fraction of sp³-hybridized carbons (Fsp3) is 0.217. The predicted molar refractivity (Wildman–Crippen MR) is 119 cm³/mol. The zero-order valence-electron chi connectivity index (χ0n) is 17.9. The second-order valence-corrected chi connectivity index (χ2v) is 7.89. The van der Waals surface area contributed by atoms with Crippen LogP contribution in [0, 0.1) is 0 Å². The highest BCUT2D eigenvalue weighted by Gasteiger charge is 2.40. The lowest BCUT2D eigenvalue weighted by atomic mass is 9.98. The number of rotatable bonds is 8. The normalized spacial score (nSPS) is 14.5. The molecule has 33 heavy (non-hydrogen) atoms. The SMILES string of the molecule is COc1ccc2c(c1)CN(CC(N)(CNC(=O)c1ccc3cc[nH]c3c1)C(=O)NC=O)C2=O. The molecule has 4 rings (SSSR count). The number of carbonyl (C=O) groups excluding carboxylic acids is 4. The molecular weight excluding hydrogens is 426 g/mol. The Labute approximate surface area is 189 Å². The molecule has 0 spiro atoms. The van der Waals surface area contributed by atoms with Crippen LogP contribution in [0.15, 0.2) is 48.7 Å². The number of aromatic nitrogens is 1. The van der Waals surface area contributed by atoms with E-state index >= 15 is 0 Å². The fourth-order valence-corrected chi connectivity index (χ4v) is 3.89. The van der Waals surface area contributed by atoms with Crippen LogP contribution < -0.4 is 21.1 Å². The Bertz CT molecular complexity index is 1250. The molecule has 0 saturated carbocycles. The second-order valence-electron chi connectivity index (χ2n) is 7.89. The first kappa shape index (κ1) is 22.0. The van der Waals surface area contributed by atoms with Crippen LogP contribution >= 0.6 is 0 Å². The van der Waals surface area contributed by atoms with Crippen molar-refractivity contribution in [3.8, 4) is 5.75 Å². The number of aromatic amines is 1. The molecule has 0 aliphatic carbocycles. The number of nitrogens with two attached hydrogens (primary N) is 1. The van der Waals surface area contributed by atoms with Crippen molar-refractivity contribution in [3.05, 3.63) is 65.4 Å². The molecule has 2 aromatic carbocycles. The highest BCUT2D eigenvalue weighted by atomic mass is 16.5. The van der Waals surface area contributed by atoms with E-state index in [0.29, 0.717) is 16.9 Å². The number of fused-ring (bicyclic) bond motifs is 2. The number of nitrogens with zero attached hydrogens (tertiary/aromatic N) is 1. The minimum absolute atomic E-state index is 0.210. The molecule has 1 aliphatic rings. The maximum Gasteiger partial charge on any atom is 0.254 e. The Morgan fingerprint density at radius 3 is 2.82 bits per heavy atom. The maximum atomic E-state index is 12.9. The van der Waals surface area contributed by atoms with E-state index in [1.165, 1.54) is 12.0 Å². The molecule has 0 bridgehead atoms. The van der Waals surface area contributed by atoms with Crippen LogP contribution in [0.1, 0.15) is 26.3 Å². The lowest BCUT2D eigenvalue weighted by Crippen LogP contribution is -2.65. The summed E-state index contributed by atoms with van der Waals surface area (Å²) in [5.74, 6) is -0.947. The standard InChI is InChI=1S/C23H23N5O5/c1-33-17-4-5-18-16(8-17)10-28(21(18)31)12-23(24,22(32)27-13-29)11-26-20(30)15-3-2-14-6-7-25-19(14)9-15/h2-9,13,25H,10-12,24H2,1H3,(H,26,30)(H,27,29,32). The second kappa shape index (κ2) is 8.75. The molecule has 1 atom stereocenters. The molecule has 10 nitrogen and oxygen atoms in total. The Kier molecular flexibility index (Phi) is 5.84. The first-order valence-corrected chi connectivity index (χ1v) is 10.2. The summed E-state index contributed by atoms with van der Waals surface area (Å²) in [7, 11) is 1.53. The topological polar surface area (TPSA) is 147 Å². The lowest BCUT2D eigenvalue weighted by Gasteiger charge is -2.31. The number of ether oxygens (including phenoxy) is 1. The van der Waals surface area contributed by atoms with E-state index in [0.717, 1.165) is 16.5 Å². The molecule has 1 aromatic heterocycles. The Morgan fingerprint density at radius 2 is 2.06 bits per heavy atom. The zero-order chi connectivity index (χ0) is 23.6. The third kappa shape index (κ3) is 4.28. The van der Waals surface area contributed by atoms with Gasteiger partial charge in [-0.2, -0.15) is 0 Å². The van der Waals surface area contributed by atoms with Crippen molar-refractivity contribution in [1.82, 2.24) is 20.5 Å². The number of imide groups is 1. The minimum atomic E-state index is -1.74. The number of nitrogens with one attached hydrogen (secondary N) is 3. The summed E-state index contributed by atoms with van der Waals surface area (Å²) in [4.78, 5) is 53.5. The van der Waals surface area contributed by atoms with Crippen molar-refractivity contribution in [3.63, 3.8) is 0 Å². The van der Waals surface area contributed by atoms with Gasteiger partial charge >= 0.3 is 0 Å². The van der Waals surface area contributed by atoms with E-state index in [1.807, 2.05) is 11.4 Å². The molecule has 3 aromatic rings. The number of hydrogen-bond acceptors (Lipinski definition) is 6. The quantitative estimate of drug-likeness (QED) is 0.369. The molecule has 1 aliphatic heterocycles. The number of amides is 4. The van der Waals surface area contributed by atoms with E-state index in [4.69, 9.17) is 10.5 Å². The van der Waals surface area contributed by atoms with Gasteiger partial charge in [-0.05, 0) is 47.3 Å². The summed E-state index contributed by atoms with van der Waals surface area (Å²) >= 11 is 0. The monoisotopic (exact) mass is 449 g/mol. The number of benzene rings is 2. The van der Waals surface area contributed by atoms with Gasteiger partial charge in [0.25, 0.3) is 11.8 Å². The predicted octanol–water partition coefficient (Wildman–Crippen LogP) is 0.532. The molecular formula is C23H23N5O5. The van der Waals surface area contributed by atoms with Crippen LogP contribution in [0.2, 0.25) is 0 Å². The van der Waals surface area contributed by atoms with E-state index < -0.39 is 17.4 Å². The fourth-order valence-electron chi connectivity index (χ4n) is 3.89. The Balaban J connectivity index is 1.51. The van der Waals surface area contributed by atoms with Crippen LogP contribution in [0.5, 0.6) is 5.75 Å². The van der Waals surface area contributed by atoms with E-state index in [9.17, 15) is 19.2 Å². The van der Waals surface area contributed by atoms with Crippen molar-refractivity contribution in [2.45, 2.75) is 12.1 Å². The first-order chi connectivity index (χ1) is 15.8. The molecule has 2 heterocycles. The van der Waals surface area contributed by atoms with E-state index in [-0.39, 0.29) is 32.0 Å². The van der Waals surface area contributed by atoms with E-state index in [1.54, 1.807) is 42.6 Å². The number of carbonyl (C=O) groups is 4. The van der Waals surface area contributed by atoms with Gasteiger partial charge in [0.05, 0.1) is 13.7 Å². The van der Waals surface area contributed by atoms with Crippen LogP contribution in [0.4, 0.5) is 0 Å². The molecule has 5 N–H and O–H groups in total. The van der Waals surface area contributed by atoms with Crippen molar-refractivity contribution in [2.24, 2.45) is 5.73 Å². The average Bonchev–Trinajstić information content (AvgIpc) is 3.41. The van der Waals surface area contributed by atoms with Crippen molar-refractivity contribution < 1.29 is 23.9 Å². The number of H-pyrrole nitrogens is 1. The van der Waals surface area contributed by atoms with Crippen LogP contribution in [0.25, 0.3) is 10.9 Å². The lowest BCUT2D eigenvalue weighted by molar-refractivity contribution is -0.129. The van der Waals surface area contributed by atoms with Gasteiger partial charge in [-0.3, -0.25) is 24.5 Å². The van der Waals surface area contributed by atoms with Crippen LogP contribution in [-0.4, -0.2) is 59.8 Å². The number of methoxy groups -OCH3 is 1. The van der Waals surface area contributed by atoms with Gasteiger partial charge < -0.3 is 25.7 Å². The van der Waals surface area contributed by atoms with Gasteiger partial charge in [-0.15, -0.1) is 0 Å². The van der Waals surface area contributed by atoms with Gasteiger partial charge in [0.2, 0.25) is 12.3 Å². The summed E-state index contributed by atoms with van der Waals surface area (Å²) < 4.78 is 5.20. The molecule has 170 valence electrons. The molecule has 1 unspecified atom stereocenters. The van der Waals surface area contributed by atoms with Crippen LogP contribution in [0.3, 0.4) is 0 Å². The average molecular weight is 449 g/mol. The molecule has 4 amide bonds. The smallest absolute Gasteiger partial charge is 0.254 e. The van der Waals surface area contributed by atoms with E-state index in [2.05, 4.69) is 10.3 Å². The van der Waals surface area contributed by atoms with Crippen molar-refractivity contribution >= 4 is 35.0 Å². The van der Waals surface area contributed by atoms with Gasteiger partial charge in [-0.1, -0.05) is 6.07 Å². The molecule has 0 fully saturated rings. The third-order valence-electron chi connectivity index (χ3n) is 5.69. The number of hydrogen-bond donors (Lipinski definition) is 4. The van der Waals surface area contributed by atoms with Gasteiger partial charge in [0.15, 0.2) is 0 Å². The Hall–Kier alpha value is -4.18. The summed E-state index contributed by atoms with van der Waals surface area (Å²) in [6.07, 6.45) is 1.98. The zero-order valence-corrected chi connectivity index (χ0v) is 17.9. The first-order valence-electron chi connectivity index (χ1n) is 10.2. The van der Waals surface area contributed by atoms with Crippen molar-refractivity contribution in [2.75, 3.05) is 20.2 Å². The minimum Gasteiger partial charge on any atom is -0.497 e.